The van der Waals surface area contributed by atoms with E-state index in [-0.39, 0.29) is 17.0 Å². The van der Waals surface area contributed by atoms with Gasteiger partial charge in [-0.2, -0.15) is 5.26 Å². The Morgan fingerprint density at radius 3 is 2.76 bits per heavy atom. The molecule has 2 aromatic rings. The van der Waals surface area contributed by atoms with Crippen molar-refractivity contribution < 1.29 is 13.9 Å². The summed E-state index contributed by atoms with van der Waals surface area (Å²) in [6.45, 7) is 5.63. The fourth-order valence-corrected chi connectivity index (χ4v) is 2.76. The van der Waals surface area contributed by atoms with E-state index in [0.717, 1.165) is 0 Å². The third kappa shape index (κ3) is 3.00. The summed E-state index contributed by atoms with van der Waals surface area (Å²) in [6.07, 6.45) is 1.65. The van der Waals surface area contributed by atoms with Gasteiger partial charge in [-0.1, -0.05) is 24.8 Å². The molecule has 0 fully saturated rings. The highest BCUT2D eigenvalue weighted by Crippen LogP contribution is 2.40. The van der Waals surface area contributed by atoms with Crippen molar-refractivity contribution in [3.05, 3.63) is 81.8 Å². The maximum atomic E-state index is 12.4. The second-order valence-corrected chi connectivity index (χ2v) is 5.52. The first-order valence-electron chi connectivity index (χ1n) is 7.61. The molecular weight excluding hydrogens is 320 g/mol. The summed E-state index contributed by atoms with van der Waals surface area (Å²) in [6, 6.07) is 10.7. The van der Waals surface area contributed by atoms with Crippen LogP contribution >= 0.6 is 0 Å². The van der Waals surface area contributed by atoms with Crippen LogP contribution in [0.25, 0.3) is 0 Å². The summed E-state index contributed by atoms with van der Waals surface area (Å²) in [5.41, 5.74) is 6.49. The molecule has 6 nitrogen and oxygen atoms in total. The van der Waals surface area contributed by atoms with Gasteiger partial charge < -0.3 is 19.6 Å². The monoisotopic (exact) mass is 336 g/mol. The predicted molar refractivity (Wildman–Crippen MR) is 91.1 cm³/mol. The van der Waals surface area contributed by atoms with Gasteiger partial charge >= 0.3 is 5.63 Å². The normalized spacial score (nSPS) is 15.8. The van der Waals surface area contributed by atoms with Crippen LogP contribution < -0.4 is 20.8 Å². The molecule has 2 heterocycles. The number of nitrogens with zero attached hydrogens (tertiary/aromatic N) is 1. The number of hydrogen-bond donors (Lipinski definition) is 1. The summed E-state index contributed by atoms with van der Waals surface area (Å²) < 4.78 is 16.1. The zero-order chi connectivity index (χ0) is 18.0. The van der Waals surface area contributed by atoms with Gasteiger partial charge in [0.2, 0.25) is 5.88 Å². The Kier molecular flexibility index (Phi) is 4.31. The van der Waals surface area contributed by atoms with Crippen LogP contribution in [0.1, 0.15) is 22.8 Å². The second-order valence-electron chi connectivity index (χ2n) is 5.52. The standard InChI is InChI=1S/C19H16N2O4/c1-3-8-23-13-6-4-12(5-7-13)16-14(10-20)18(21)25-15-9-11(2)24-19(22)17(15)16/h3-7,9,16H,1,8,21H2,2H3. The molecule has 0 radical (unpaired) electrons. The number of benzene rings is 1. The molecule has 1 aromatic heterocycles. The predicted octanol–water partition coefficient (Wildman–Crippen LogP) is 2.73. The number of rotatable bonds is 4. The maximum absolute atomic E-state index is 12.4. The number of aryl methyl sites for hydroxylation is 1. The van der Waals surface area contributed by atoms with Crippen molar-refractivity contribution in [1.29, 1.82) is 5.26 Å². The molecule has 0 aliphatic carbocycles. The summed E-state index contributed by atoms with van der Waals surface area (Å²) in [5.74, 6) is 0.699. The molecule has 1 atom stereocenters. The van der Waals surface area contributed by atoms with Crippen molar-refractivity contribution in [2.24, 2.45) is 5.73 Å². The molecule has 3 rings (SSSR count). The first-order chi connectivity index (χ1) is 12.0. The van der Waals surface area contributed by atoms with E-state index in [1.807, 2.05) is 6.07 Å². The lowest BCUT2D eigenvalue weighted by Gasteiger charge is -2.25. The lowest BCUT2D eigenvalue weighted by atomic mass is 9.84. The Morgan fingerprint density at radius 2 is 2.12 bits per heavy atom. The van der Waals surface area contributed by atoms with E-state index in [1.165, 1.54) is 0 Å². The molecule has 1 unspecified atom stereocenters. The molecular formula is C19H16N2O4. The Labute approximate surface area is 144 Å². The summed E-state index contributed by atoms with van der Waals surface area (Å²) >= 11 is 0. The van der Waals surface area contributed by atoms with Gasteiger partial charge in [0.15, 0.2) is 0 Å². The lowest BCUT2D eigenvalue weighted by molar-refractivity contribution is 0.362. The molecule has 1 aliphatic rings. The van der Waals surface area contributed by atoms with Gasteiger partial charge in [-0.05, 0) is 24.6 Å². The van der Waals surface area contributed by atoms with Crippen molar-refractivity contribution in [2.45, 2.75) is 12.8 Å². The van der Waals surface area contributed by atoms with Gasteiger partial charge in [0.1, 0.15) is 35.5 Å². The number of nitriles is 1. The number of nitrogens with two attached hydrogens (primary N) is 1. The van der Waals surface area contributed by atoms with Gasteiger partial charge in [0.05, 0.1) is 11.5 Å². The molecule has 1 aromatic carbocycles. The van der Waals surface area contributed by atoms with E-state index < -0.39 is 11.5 Å². The second kappa shape index (κ2) is 6.57. The van der Waals surface area contributed by atoms with E-state index in [0.29, 0.717) is 29.4 Å². The lowest BCUT2D eigenvalue weighted by Crippen LogP contribution is -2.26. The molecule has 1 aliphatic heterocycles. The third-order valence-electron chi connectivity index (χ3n) is 3.84. The van der Waals surface area contributed by atoms with Crippen molar-refractivity contribution in [3.8, 4) is 17.6 Å². The maximum Gasteiger partial charge on any atom is 0.343 e. The fraction of sp³-hybridized carbons (Fsp3) is 0.158. The first kappa shape index (κ1) is 16.4. The largest absolute Gasteiger partial charge is 0.490 e. The summed E-state index contributed by atoms with van der Waals surface area (Å²) in [7, 11) is 0. The minimum Gasteiger partial charge on any atom is -0.490 e. The fourth-order valence-electron chi connectivity index (χ4n) is 2.76. The van der Waals surface area contributed by atoms with Crippen LogP contribution in [0, 0.1) is 18.3 Å². The molecule has 2 N–H and O–H groups in total. The Morgan fingerprint density at radius 1 is 1.40 bits per heavy atom. The van der Waals surface area contributed by atoms with Crippen molar-refractivity contribution in [1.82, 2.24) is 0 Å². The average Bonchev–Trinajstić information content (AvgIpc) is 2.59. The third-order valence-corrected chi connectivity index (χ3v) is 3.84. The van der Waals surface area contributed by atoms with Crippen LogP contribution in [0.3, 0.4) is 0 Å². The highest BCUT2D eigenvalue weighted by molar-refractivity contribution is 5.54. The van der Waals surface area contributed by atoms with Crippen LogP contribution in [-0.4, -0.2) is 6.61 Å². The van der Waals surface area contributed by atoms with Crippen LogP contribution in [-0.2, 0) is 0 Å². The molecule has 0 spiro atoms. The average molecular weight is 336 g/mol. The molecule has 6 heteroatoms. The topological polar surface area (TPSA) is 98.5 Å². The number of allylic oxidation sites excluding steroid dienone is 1. The number of fused-ring (bicyclic) bond motifs is 1. The minimum absolute atomic E-state index is 0.0167. The van der Waals surface area contributed by atoms with Crippen LogP contribution in [0.2, 0.25) is 0 Å². The van der Waals surface area contributed by atoms with Gasteiger partial charge in [-0.3, -0.25) is 0 Å². The van der Waals surface area contributed by atoms with Gasteiger partial charge in [0, 0.05) is 6.07 Å². The molecule has 0 bridgehead atoms. The highest BCUT2D eigenvalue weighted by Gasteiger charge is 2.34. The molecule has 0 saturated heterocycles. The van der Waals surface area contributed by atoms with Crippen molar-refractivity contribution >= 4 is 0 Å². The first-order valence-corrected chi connectivity index (χ1v) is 7.61. The summed E-state index contributed by atoms with van der Waals surface area (Å²) in [5, 5.41) is 9.50. The van der Waals surface area contributed by atoms with E-state index in [4.69, 9.17) is 19.6 Å². The number of hydrogen-bond acceptors (Lipinski definition) is 6. The smallest absolute Gasteiger partial charge is 0.343 e. The van der Waals surface area contributed by atoms with Crippen LogP contribution in [0.4, 0.5) is 0 Å². The Balaban J connectivity index is 2.12. The summed E-state index contributed by atoms with van der Waals surface area (Å²) in [4.78, 5) is 12.4. The molecule has 126 valence electrons. The minimum atomic E-state index is -0.654. The molecule has 0 amide bonds. The van der Waals surface area contributed by atoms with Gasteiger partial charge in [-0.15, -0.1) is 0 Å². The SMILES string of the molecule is C=CCOc1ccc(C2C(C#N)=C(N)Oc3cc(C)oc(=O)c32)cc1. The quantitative estimate of drug-likeness (QED) is 0.862. The van der Waals surface area contributed by atoms with E-state index in [9.17, 15) is 10.1 Å². The highest BCUT2D eigenvalue weighted by atomic mass is 16.5. The van der Waals surface area contributed by atoms with Crippen molar-refractivity contribution in [3.63, 3.8) is 0 Å². The van der Waals surface area contributed by atoms with Crippen molar-refractivity contribution in [2.75, 3.05) is 6.61 Å². The van der Waals surface area contributed by atoms with E-state index in [1.54, 1.807) is 43.3 Å². The Bertz CT molecular complexity index is 949. The van der Waals surface area contributed by atoms with Crippen LogP contribution in [0.15, 0.2) is 63.7 Å². The molecule has 25 heavy (non-hydrogen) atoms. The zero-order valence-corrected chi connectivity index (χ0v) is 13.6. The van der Waals surface area contributed by atoms with Gasteiger partial charge in [-0.25, -0.2) is 4.79 Å². The van der Waals surface area contributed by atoms with Gasteiger partial charge in [0.25, 0.3) is 0 Å². The van der Waals surface area contributed by atoms with E-state index >= 15 is 0 Å². The Hall–Kier alpha value is -3.46. The van der Waals surface area contributed by atoms with E-state index in [2.05, 4.69) is 6.58 Å². The molecule has 0 saturated carbocycles. The number of ether oxygens (including phenoxy) is 2. The zero-order valence-electron chi connectivity index (χ0n) is 13.6. The van der Waals surface area contributed by atoms with Crippen LogP contribution in [0.5, 0.6) is 11.5 Å².